The molecule has 1 aliphatic heterocycles. The Hall–Kier alpha value is -2.40. The van der Waals surface area contributed by atoms with Crippen LogP contribution in [0.25, 0.3) is 0 Å². The molecule has 2 aromatic rings. The normalized spacial score (nSPS) is 16.1. The summed E-state index contributed by atoms with van der Waals surface area (Å²) in [6, 6.07) is 15.4. The largest absolute Gasteiger partial charge is 0.325 e. The molecule has 0 unspecified atom stereocenters. The van der Waals surface area contributed by atoms with Gasteiger partial charge in [-0.25, -0.2) is 0 Å². The van der Waals surface area contributed by atoms with Gasteiger partial charge in [-0.05, 0) is 48.6 Å². The standard InChI is InChI=1S/C22H20ClN3O2S2/c1-13-18(23)4-3-5-19(13)25-21(28)12-30-22-17(11-24)16(10-20(27)26-22)14-6-8-15(29-2)9-7-14/h3-9,16H,10,12H2,1-2H3,(H,25,28)(H,26,27)/t16-/m0/s1. The lowest BCUT2D eigenvalue weighted by Gasteiger charge is -2.25. The summed E-state index contributed by atoms with van der Waals surface area (Å²) < 4.78 is 0. The van der Waals surface area contributed by atoms with Gasteiger partial charge in [-0.2, -0.15) is 5.26 Å². The summed E-state index contributed by atoms with van der Waals surface area (Å²) in [6.07, 6.45) is 2.20. The minimum atomic E-state index is -0.319. The van der Waals surface area contributed by atoms with Crippen LogP contribution >= 0.6 is 35.1 Å². The van der Waals surface area contributed by atoms with Crippen LogP contribution in [-0.2, 0) is 9.59 Å². The molecule has 0 spiro atoms. The molecule has 3 rings (SSSR count). The Balaban J connectivity index is 1.76. The molecule has 1 aliphatic rings. The first-order chi connectivity index (χ1) is 14.4. The van der Waals surface area contributed by atoms with Gasteiger partial charge in [-0.15, -0.1) is 11.8 Å². The molecule has 0 bridgehead atoms. The highest BCUT2D eigenvalue weighted by Gasteiger charge is 2.29. The van der Waals surface area contributed by atoms with E-state index in [2.05, 4.69) is 16.7 Å². The van der Waals surface area contributed by atoms with Crippen LogP contribution in [0.1, 0.15) is 23.5 Å². The topological polar surface area (TPSA) is 82.0 Å². The SMILES string of the molecule is CSc1ccc([C@@H]2CC(=O)NC(SCC(=O)Nc3cccc(Cl)c3C)=C2C#N)cc1. The first-order valence-electron chi connectivity index (χ1n) is 9.18. The van der Waals surface area contributed by atoms with Crippen LogP contribution in [0.2, 0.25) is 5.02 Å². The van der Waals surface area contributed by atoms with E-state index in [4.69, 9.17) is 11.6 Å². The Morgan fingerprint density at radius 1 is 1.30 bits per heavy atom. The first kappa shape index (κ1) is 22.3. The number of hydrogen-bond donors (Lipinski definition) is 2. The van der Waals surface area contributed by atoms with Gasteiger partial charge >= 0.3 is 0 Å². The van der Waals surface area contributed by atoms with E-state index in [1.807, 2.05) is 37.4 Å². The fourth-order valence-electron chi connectivity index (χ4n) is 3.12. The van der Waals surface area contributed by atoms with E-state index in [1.54, 1.807) is 30.0 Å². The number of nitrogens with zero attached hydrogens (tertiary/aromatic N) is 1. The third-order valence-electron chi connectivity index (χ3n) is 4.76. The molecule has 0 saturated heterocycles. The van der Waals surface area contributed by atoms with E-state index in [9.17, 15) is 14.9 Å². The Labute approximate surface area is 189 Å². The lowest BCUT2D eigenvalue weighted by Crippen LogP contribution is -2.31. The second-order valence-electron chi connectivity index (χ2n) is 6.68. The molecule has 154 valence electrons. The summed E-state index contributed by atoms with van der Waals surface area (Å²) in [7, 11) is 0. The predicted molar refractivity (Wildman–Crippen MR) is 124 cm³/mol. The van der Waals surface area contributed by atoms with Gasteiger partial charge in [0.2, 0.25) is 11.8 Å². The number of halogens is 1. The van der Waals surface area contributed by atoms with Gasteiger partial charge in [0.1, 0.15) is 0 Å². The highest BCUT2D eigenvalue weighted by atomic mass is 35.5. The molecule has 0 aliphatic carbocycles. The average molecular weight is 458 g/mol. The van der Waals surface area contributed by atoms with Crippen LogP contribution in [0.4, 0.5) is 5.69 Å². The number of anilines is 1. The van der Waals surface area contributed by atoms with E-state index in [-0.39, 0.29) is 29.9 Å². The maximum Gasteiger partial charge on any atom is 0.234 e. The monoisotopic (exact) mass is 457 g/mol. The van der Waals surface area contributed by atoms with Crippen molar-refractivity contribution in [3.05, 3.63) is 69.2 Å². The second-order valence-corrected chi connectivity index (χ2v) is 8.95. The molecule has 0 aromatic heterocycles. The Bertz CT molecular complexity index is 1050. The highest BCUT2D eigenvalue weighted by molar-refractivity contribution is 8.03. The van der Waals surface area contributed by atoms with Crippen molar-refractivity contribution in [1.29, 1.82) is 5.26 Å². The third kappa shape index (κ3) is 5.20. The van der Waals surface area contributed by atoms with Crippen molar-refractivity contribution in [3.63, 3.8) is 0 Å². The zero-order valence-corrected chi connectivity index (χ0v) is 18.9. The maximum absolute atomic E-state index is 12.4. The number of benzene rings is 2. The van der Waals surface area contributed by atoms with Crippen molar-refractivity contribution in [2.75, 3.05) is 17.3 Å². The quantitative estimate of drug-likeness (QED) is 0.591. The molecule has 8 heteroatoms. The van der Waals surface area contributed by atoms with E-state index in [0.29, 0.717) is 21.3 Å². The molecular weight excluding hydrogens is 438 g/mol. The third-order valence-corrected chi connectivity index (χ3v) is 6.93. The molecule has 0 radical (unpaired) electrons. The fraction of sp³-hybridized carbons (Fsp3) is 0.227. The number of carbonyl (C=O) groups is 2. The maximum atomic E-state index is 12.4. The number of nitrogens with one attached hydrogen (secondary N) is 2. The van der Waals surface area contributed by atoms with Gasteiger partial charge in [0.05, 0.1) is 22.4 Å². The minimum absolute atomic E-state index is 0.0604. The molecule has 0 saturated carbocycles. The number of nitriles is 1. The van der Waals surface area contributed by atoms with Crippen molar-refractivity contribution >= 4 is 52.6 Å². The number of hydrogen-bond acceptors (Lipinski definition) is 5. The molecule has 30 heavy (non-hydrogen) atoms. The molecule has 1 atom stereocenters. The van der Waals surface area contributed by atoms with Gasteiger partial charge in [0.25, 0.3) is 0 Å². The second kappa shape index (κ2) is 10.1. The number of amides is 2. The van der Waals surface area contributed by atoms with Crippen LogP contribution in [0.3, 0.4) is 0 Å². The van der Waals surface area contributed by atoms with Gasteiger partial charge in [0.15, 0.2) is 0 Å². The van der Waals surface area contributed by atoms with Crippen molar-refractivity contribution < 1.29 is 9.59 Å². The molecular formula is C22H20ClN3O2S2. The van der Waals surface area contributed by atoms with Crippen LogP contribution in [0, 0.1) is 18.3 Å². The summed E-state index contributed by atoms with van der Waals surface area (Å²) in [5, 5.41) is 16.3. The zero-order chi connectivity index (χ0) is 21.7. The van der Waals surface area contributed by atoms with Crippen LogP contribution in [0.5, 0.6) is 0 Å². The van der Waals surface area contributed by atoms with Gasteiger partial charge in [-0.1, -0.05) is 41.6 Å². The molecule has 0 fully saturated rings. The van der Waals surface area contributed by atoms with Crippen LogP contribution in [-0.4, -0.2) is 23.8 Å². The lowest BCUT2D eigenvalue weighted by molar-refractivity contribution is -0.121. The van der Waals surface area contributed by atoms with Gasteiger partial charge < -0.3 is 10.6 Å². The summed E-state index contributed by atoms with van der Waals surface area (Å²) >= 11 is 8.88. The summed E-state index contributed by atoms with van der Waals surface area (Å²) in [5.41, 5.74) is 2.82. The van der Waals surface area contributed by atoms with E-state index in [0.717, 1.165) is 27.8 Å². The number of allylic oxidation sites excluding steroid dienone is 1. The number of thioether (sulfide) groups is 2. The first-order valence-corrected chi connectivity index (χ1v) is 11.8. The fourth-order valence-corrected chi connectivity index (χ4v) is 4.58. The van der Waals surface area contributed by atoms with E-state index < -0.39 is 0 Å². The summed E-state index contributed by atoms with van der Waals surface area (Å²) in [6.45, 7) is 1.83. The lowest BCUT2D eigenvalue weighted by atomic mass is 9.87. The van der Waals surface area contributed by atoms with Crippen LogP contribution in [0.15, 0.2) is 58.0 Å². The van der Waals surface area contributed by atoms with Crippen molar-refractivity contribution in [2.24, 2.45) is 0 Å². The summed E-state index contributed by atoms with van der Waals surface area (Å²) in [5.74, 6) is -0.664. The molecule has 2 N–H and O–H groups in total. The van der Waals surface area contributed by atoms with Crippen molar-refractivity contribution in [2.45, 2.75) is 24.2 Å². The van der Waals surface area contributed by atoms with Crippen molar-refractivity contribution in [1.82, 2.24) is 5.32 Å². The molecule has 5 nitrogen and oxygen atoms in total. The van der Waals surface area contributed by atoms with Gasteiger partial charge in [-0.3, -0.25) is 9.59 Å². The molecule has 2 amide bonds. The zero-order valence-electron chi connectivity index (χ0n) is 16.5. The molecule has 2 aromatic carbocycles. The Morgan fingerprint density at radius 2 is 2.03 bits per heavy atom. The smallest absolute Gasteiger partial charge is 0.234 e. The van der Waals surface area contributed by atoms with Crippen LogP contribution < -0.4 is 10.6 Å². The van der Waals surface area contributed by atoms with E-state index in [1.165, 1.54) is 0 Å². The number of carbonyl (C=O) groups excluding carboxylic acids is 2. The highest BCUT2D eigenvalue weighted by Crippen LogP contribution is 2.36. The minimum Gasteiger partial charge on any atom is -0.325 e. The summed E-state index contributed by atoms with van der Waals surface area (Å²) in [4.78, 5) is 25.8. The Morgan fingerprint density at radius 3 is 2.70 bits per heavy atom. The van der Waals surface area contributed by atoms with Gasteiger partial charge in [0, 0.05) is 27.9 Å². The number of rotatable bonds is 6. The predicted octanol–water partition coefficient (Wildman–Crippen LogP) is 5.08. The molecule has 1 heterocycles. The van der Waals surface area contributed by atoms with Crippen molar-refractivity contribution in [3.8, 4) is 6.07 Å². The average Bonchev–Trinajstić information content (AvgIpc) is 2.75. The van der Waals surface area contributed by atoms with E-state index >= 15 is 0 Å². The Kier molecular flexibility index (Phi) is 7.48.